The van der Waals surface area contributed by atoms with Crippen molar-refractivity contribution < 1.29 is 18.0 Å². The smallest absolute Gasteiger partial charge is 0.250 e. The van der Waals surface area contributed by atoms with Gasteiger partial charge in [-0.2, -0.15) is 0 Å². The predicted molar refractivity (Wildman–Crippen MR) is 111 cm³/mol. The number of halogens is 2. The average Bonchev–Trinajstić information content (AvgIpc) is 2.57. The molecule has 2 aromatic rings. The number of para-hydroxylation sites is 1. The number of rotatable bonds is 7. The minimum atomic E-state index is -3.86. The van der Waals surface area contributed by atoms with Crippen LogP contribution in [0.2, 0.25) is 10.0 Å². The summed E-state index contributed by atoms with van der Waals surface area (Å²) in [6.45, 7) is 1.66. The zero-order valence-electron chi connectivity index (χ0n) is 15.1. The predicted octanol–water partition coefficient (Wildman–Crippen LogP) is 3.28. The third-order valence-electron chi connectivity index (χ3n) is 3.88. The van der Waals surface area contributed by atoms with Gasteiger partial charge in [0.2, 0.25) is 15.9 Å². The molecule has 0 heterocycles. The first-order valence-corrected chi connectivity index (χ1v) is 10.8. The zero-order valence-corrected chi connectivity index (χ0v) is 17.5. The van der Waals surface area contributed by atoms with Gasteiger partial charge in [0.25, 0.3) is 5.91 Å². The highest BCUT2D eigenvalue weighted by molar-refractivity contribution is 7.92. The van der Waals surface area contributed by atoms with Gasteiger partial charge in [-0.25, -0.2) is 8.42 Å². The summed E-state index contributed by atoms with van der Waals surface area (Å²) in [6, 6.07) is 9.35. The number of amides is 2. The number of nitrogens with zero attached hydrogens (tertiary/aromatic N) is 1. The van der Waals surface area contributed by atoms with E-state index in [9.17, 15) is 18.0 Å². The van der Waals surface area contributed by atoms with E-state index in [1.54, 1.807) is 19.1 Å². The quantitative estimate of drug-likeness (QED) is 0.683. The lowest BCUT2D eigenvalue weighted by atomic mass is 10.1. The fourth-order valence-electron chi connectivity index (χ4n) is 2.75. The van der Waals surface area contributed by atoms with Crippen LogP contribution in [0.3, 0.4) is 0 Å². The van der Waals surface area contributed by atoms with Crippen molar-refractivity contribution in [3.63, 3.8) is 0 Å². The van der Waals surface area contributed by atoms with Crippen LogP contribution in [0.5, 0.6) is 0 Å². The Balaban J connectivity index is 2.47. The molecule has 0 unspecified atom stereocenters. The van der Waals surface area contributed by atoms with E-state index in [0.29, 0.717) is 0 Å². The van der Waals surface area contributed by atoms with E-state index in [0.717, 1.165) is 10.6 Å². The molecule has 2 rings (SSSR count). The van der Waals surface area contributed by atoms with Gasteiger partial charge in [0.15, 0.2) is 0 Å². The lowest BCUT2D eigenvalue weighted by molar-refractivity contribution is -0.117. The van der Waals surface area contributed by atoms with E-state index < -0.39 is 27.9 Å². The summed E-state index contributed by atoms with van der Waals surface area (Å²) < 4.78 is 25.9. The van der Waals surface area contributed by atoms with Crippen LogP contribution in [0.25, 0.3) is 0 Å². The number of primary amides is 1. The first kappa shape index (κ1) is 22.0. The molecule has 2 aromatic carbocycles. The fourth-order valence-corrected chi connectivity index (χ4v) is 4.46. The molecule has 0 bridgehead atoms. The topological polar surface area (TPSA) is 110 Å². The highest BCUT2D eigenvalue weighted by Crippen LogP contribution is 2.30. The maximum absolute atomic E-state index is 12.9. The van der Waals surface area contributed by atoms with Crippen LogP contribution < -0.4 is 15.4 Å². The van der Waals surface area contributed by atoms with Crippen LogP contribution in [0.1, 0.15) is 23.7 Å². The maximum Gasteiger partial charge on any atom is 0.250 e. The Hall–Kier alpha value is -2.29. The Kier molecular flexibility index (Phi) is 6.92. The number of hydrogen-bond acceptors (Lipinski definition) is 4. The summed E-state index contributed by atoms with van der Waals surface area (Å²) >= 11 is 12.0. The van der Waals surface area contributed by atoms with Crippen LogP contribution in [0, 0.1) is 0 Å². The van der Waals surface area contributed by atoms with Crippen LogP contribution in [0.4, 0.5) is 11.4 Å². The summed E-state index contributed by atoms with van der Waals surface area (Å²) in [5, 5.41) is 3.04. The first-order chi connectivity index (χ1) is 13.0. The molecule has 0 saturated carbocycles. The fraction of sp³-hybridized carbons (Fsp3) is 0.222. The number of nitrogens with two attached hydrogens (primary N) is 1. The van der Waals surface area contributed by atoms with E-state index in [-0.39, 0.29) is 33.4 Å². The number of sulfonamides is 1. The monoisotopic (exact) mass is 443 g/mol. The summed E-state index contributed by atoms with van der Waals surface area (Å²) in [5.74, 6) is -1.34. The van der Waals surface area contributed by atoms with E-state index in [1.807, 2.05) is 0 Å². The van der Waals surface area contributed by atoms with Crippen molar-refractivity contribution in [1.29, 1.82) is 0 Å². The number of nitrogens with one attached hydrogen (secondary N) is 1. The molecular weight excluding hydrogens is 425 g/mol. The van der Waals surface area contributed by atoms with Crippen molar-refractivity contribution in [3.8, 4) is 0 Å². The number of anilines is 2. The van der Waals surface area contributed by atoms with Crippen LogP contribution in [-0.2, 0) is 14.8 Å². The van der Waals surface area contributed by atoms with E-state index in [4.69, 9.17) is 28.9 Å². The minimum absolute atomic E-state index is 0.113. The maximum atomic E-state index is 12.9. The Bertz CT molecular complexity index is 991. The van der Waals surface area contributed by atoms with Crippen molar-refractivity contribution in [2.75, 3.05) is 15.9 Å². The van der Waals surface area contributed by atoms with Gasteiger partial charge < -0.3 is 11.1 Å². The van der Waals surface area contributed by atoms with Gasteiger partial charge in [0.1, 0.15) is 6.04 Å². The Labute approximate surface area is 173 Å². The van der Waals surface area contributed by atoms with Crippen molar-refractivity contribution in [3.05, 3.63) is 58.1 Å². The molecule has 0 aliphatic carbocycles. The van der Waals surface area contributed by atoms with E-state index in [2.05, 4.69) is 5.32 Å². The van der Waals surface area contributed by atoms with Crippen LogP contribution in [0.15, 0.2) is 42.5 Å². The first-order valence-electron chi connectivity index (χ1n) is 8.19. The summed E-state index contributed by atoms with van der Waals surface area (Å²) in [5.41, 5.74) is 5.79. The van der Waals surface area contributed by atoms with Gasteiger partial charge >= 0.3 is 0 Å². The zero-order chi connectivity index (χ0) is 21.1. The molecule has 0 spiro atoms. The molecular formula is C18H19Cl2N3O4S. The van der Waals surface area contributed by atoms with Crippen molar-refractivity contribution in [1.82, 2.24) is 0 Å². The minimum Gasteiger partial charge on any atom is -0.366 e. The number of carbonyl (C=O) groups is 2. The van der Waals surface area contributed by atoms with Crippen molar-refractivity contribution in [2.24, 2.45) is 5.73 Å². The molecule has 150 valence electrons. The van der Waals surface area contributed by atoms with Gasteiger partial charge in [-0.15, -0.1) is 0 Å². The third kappa shape index (κ3) is 5.15. The van der Waals surface area contributed by atoms with Crippen LogP contribution >= 0.6 is 23.2 Å². The normalized spacial score (nSPS) is 12.3. The van der Waals surface area contributed by atoms with Gasteiger partial charge in [-0.1, -0.05) is 42.3 Å². The highest BCUT2D eigenvalue weighted by Gasteiger charge is 2.32. The molecule has 7 nitrogen and oxygen atoms in total. The van der Waals surface area contributed by atoms with Gasteiger partial charge in [-0.3, -0.25) is 13.9 Å². The van der Waals surface area contributed by atoms with Crippen molar-refractivity contribution in [2.45, 2.75) is 19.4 Å². The molecule has 3 N–H and O–H groups in total. The molecule has 2 amide bonds. The van der Waals surface area contributed by atoms with E-state index >= 15 is 0 Å². The molecule has 10 heteroatoms. The number of benzene rings is 2. The Morgan fingerprint density at radius 1 is 1.14 bits per heavy atom. The summed E-state index contributed by atoms with van der Waals surface area (Å²) in [7, 11) is -3.86. The second-order valence-corrected chi connectivity index (χ2v) is 8.74. The standard InChI is InChI=1S/C18H19Cl2N3O4S/c1-3-16(18(25)22-15-7-5-4-6-14(15)17(21)24)23(28(2,26)27)13-9-11(19)8-12(20)10-13/h4-10,16H,3H2,1-2H3,(H2,21,24)(H,22,25)/t16-/m1/s1. The Morgan fingerprint density at radius 2 is 1.71 bits per heavy atom. The molecule has 0 radical (unpaired) electrons. The van der Waals surface area contributed by atoms with Gasteiger partial charge in [0, 0.05) is 10.0 Å². The second kappa shape index (κ2) is 8.81. The van der Waals surface area contributed by atoms with Crippen LogP contribution in [-0.4, -0.2) is 32.5 Å². The average molecular weight is 444 g/mol. The summed E-state index contributed by atoms with van der Waals surface area (Å²) in [4.78, 5) is 24.5. The lowest BCUT2D eigenvalue weighted by Crippen LogP contribution is -2.47. The van der Waals surface area contributed by atoms with Gasteiger partial charge in [0.05, 0.1) is 23.2 Å². The molecule has 0 saturated heterocycles. The number of hydrogen-bond donors (Lipinski definition) is 2. The van der Waals surface area contributed by atoms with E-state index in [1.165, 1.54) is 30.3 Å². The molecule has 0 aliphatic heterocycles. The molecule has 1 atom stereocenters. The molecule has 0 aliphatic rings. The molecule has 28 heavy (non-hydrogen) atoms. The molecule has 0 aromatic heterocycles. The lowest BCUT2D eigenvalue weighted by Gasteiger charge is -2.30. The molecule has 0 fully saturated rings. The summed E-state index contributed by atoms with van der Waals surface area (Å²) in [6.07, 6.45) is 1.14. The Morgan fingerprint density at radius 3 is 2.21 bits per heavy atom. The number of carbonyl (C=O) groups excluding carboxylic acids is 2. The SMILES string of the molecule is CC[C@H](C(=O)Nc1ccccc1C(N)=O)N(c1cc(Cl)cc(Cl)c1)S(C)(=O)=O. The highest BCUT2D eigenvalue weighted by atomic mass is 35.5. The van der Waals surface area contributed by atoms with Crippen molar-refractivity contribution >= 4 is 56.4 Å². The third-order valence-corrected chi connectivity index (χ3v) is 5.50. The van der Waals surface area contributed by atoms with Gasteiger partial charge in [-0.05, 0) is 36.8 Å². The largest absolute Gasteiger partial charge is 0.366 e. The second-order valence-electron chi connectivity index (χ2n) is 6.01.